The molecule has 1 aromatic rings. The molecule has 1 aromatic carbocycles. The number of hydrogen-bond donors (Lipinski definition) is 2. The number of ether oxygens (including phenoxy) is 1. The topological polar surface area (TPSA) is 41.5 Å². The van der Waals surface area contributed by atoms with E-state index in [4.69, 9.17) is 11.2 Å². The Kier molecular flexibility index (Phi) is 6.06. The second-order valence-corrected chi connectivity index (χ2v) is 4.63. The number of rotatable bonds is 6. The summed E-state index contributed by atoms with van der Waals surface area (Å²) in [6.07, 6.45) is 4.63. The zero-order chi connectivity index (χ0) is 12.7. The molecule has 3 nitrogen and oxygen atoms in total. The molecule has 2 N–H and O–H groups in total. The summed E-state index contributed by atoms with van der Waals surface area (Å²) >= 11 is 3.35. The molecule has 0 aromatic heterocycles. The van der Waals surface area contributed by atoms with E-state index in [0.29, 0.717) is 6.54 Å². The molecule has 0 saturated heterocycles. The fourth-order valence-electron chi connectivity index (χ4n) is 1.18. The lowest BCUT2D eigenvalue weighted by Crippen LogP contribution is -2.35. The molecule has 0 aliphatic heterocycles. The number of benzene rings is 1. The summed E-state index contributed by atoms with van der Waals surface area (Å²) in [5.74, 6) is 3.26. The molecule has 1 rings (SSSR count). The highest BCUT2D eigenvalue weighted by molar-refractivity contribution is 9.10. The second-order valence-electron chi connectivity index (χ2n) is 3.72. The van der Waals surface area contributed by atoms with Crippen LogP contribution in [0.25, 0.3) is 0 Å². The molecule has 0 spiro atoms. The van der Waals surface area contributed by atoms with Crippen molar-refractivity contribution in [1.82, 2.24) is 5.32 Å². The highest BCUT2D eigenvalue weighted by Crippen LogP contribution is 2.17. The first-order valence-electron chi connectivity index (χ1n) is 5.37. The molecule has 2 atom stereocenters. The van der Waals surface area contributed by atoms with Gasteiger partial charge in [0.05, 0.1) is 6.04 Å². The third-order valence-electron chi connectivity index (χ3n) is 2.15. The molecule has 0 saturated carbocycles. The van der Waals surface area contributed by atoms with E-state index in [1.165, 1.54) is 0 Å². The minimum Gasteiger partial charge on any atom is -0.491 e. The van der Waals surface area contributed by atoms with Gasteiger partial charge in [-0.05, 0) is 25.1 Å². The largest absolute Gasteiger partial charge is 0.491 e. The summed E-state index contributed by atoms with van der Waals surface area (Å²) in [6, 6.07) is 7.44. The Balaban J connectivity index is 2.29. The normalized spacial score (nSPS) is 13.8. The van der Waals surface area contributed by atoms with Gasteiger partial charge in [0.25, 0.3) is 0 Å². The molecule has 0 aliphatic rings. The molecule has 4 heteroatoms. The molecule has 0 amide bonds. The third-order valence-corrected chi connectivity index (χ3v) is 2.64. The zero-order valence-electron chi connectivity index (χ0n) is 9.69. The molecule has 92 valence electrons. The average molecular weight is 298 g/mol. The lowest BCUT2D eigenvalue weighted by molar-refractivity contribution is 0.105. The van der Waals surface area contributed by atoms with E-state index in [-0.39, 0.29) is 12.6 Å². The monoisotopic (exact) mass is 297 g/mol. The van der Waals surface area contributed by atoms with Crippen LogP contribution in [0.3, 0.4) is 0 Å². The van der Waals surface area contributed by atoms with E-state index < -0.39 is 6.10 Å². The van der Waals surface area contributed by atoms with Crippen molar-refractivity contribution in [2.45, 2.75) is 19.1 Å². The average Bonchev–Trinajstić information content (AvgIpc) is 2.33. The summed E-state index contributed by atoms with van der Waals surface area (Å²) in [4.78, 5) is 0. The van der Waals surface area contributed by atoms with Crippen molar-refractivity contribution in [3.05, 3.63) is 28.7 Å². The first-order chi connectivity index (χ1) is 8.11. The van der Waals surface area contributed by atoms with Crippen LogP contribution >= 0.6 is 15.9 Å². The maximum absolute atomic E-state index is 9.66. The number of nitrogens with one attached hydrogen (secondary N) is 1. The first kappa shape index (κ1) is 14.0. The SMILES string of the molecule is C#CC(C)NCC(O)COc1cccc(Br)c1. The van der Waals surface area contributed by atoms with E-state index >= 15 is 0 Å². The first-order valence-corrected chi connectivity index (χ1v) is 6.17. The summed E-state index contributed by atoms with van der Waals surface area (Å²) < 4.78 is 6.39. The van der Waals surface area contributed by atoms with Gasteiger partial charge in [0.2, 0.25) is 0 Å². The summed E-state index contributed by atoms with van der Waals surface area (Å²) in [5, 5.41) is 12.7. The van der Waals surface area contributed by atoms with Gasteiger partial charge in [0.1, 0.15) is 18.5 Å². The van der Waals surface area contributed by atoms with Crippen molar-refractivity contribution in [2.75, 3.05) is 13.2 Å². The standard InChI is InChI=1S/C13H16BrNO2/c1-3-10(2)15-8-12(16)9-17-13-6-4-5-11(14)7-13/h1,4-7,10,12,15-16H,8-9H2,2H3. The van der Waals surface area contributed by atoms with Crippen molar-refractivity contribution in [2.24, 2.45) is 0 Å². The van der Waals surface area contributed by atoms with Crippen LogP contribution < -0.4 is 10.1 Å². The second kappa shape index (κ2) is 7.33. The number of aliphatic hydroxyl groups excluding tert-OH is 1. The lowest BCUT2D eigenvalue weighted by atomic mass is 10.3. The third kappa shape index (κ3) is 5.73. The van der Waals surface area contributed by atoms with Gasteiger partial charge in [-0.25, -0.2) is 0 Å². The molecular weight excluding hydrogens is 282 g/mol. The van der Waals surface area contributed by atoms with Crippen LogP contribution in [-0.4, -0.2) is 30.4 Å². The van der Waals surface area contributed by atoms with Gasteiger partial charge in [-0.2, -0.15) is 0 Å². The lowest BCUT2D eigenvalue weighted by Gasteiger charge is -2.14. The van der Waals surface area contributed by atoms with E-state index in [9.17, 15) is 5.11 Å². The maximum Gasteiger partial charge on any atom is 0.120 e. The summed E-state index contributed by atoms with van der Waals surface area (Å²) in [7, 11) is 0. The van der Waals surface area contributed by atoms with Gasteiger partial charge in [0, 0.05) is 11.0 Å². The molecule has 0 heterocycles. The highest BCUT2D eigenvalue weighted by atomic mass is 79.9. The minimum absolute atomic E-state index is 0.0458. The molecule has 0 fully saturated rings. The van der Waals surface area contributed by atoms with E-state index in [1.54, 1.807) is 0 Å². The van der Waals surface area contributed by atoms with Crippen LogP contribution in [0.2, 0.25) is 0 Å². The molecule has 0 radical (unpaired) electrons. The van der Waals surface area contributed by atoms with Gasteiger partial charge in [-0.1, -0.05) is 27.9 Å². The van der Waals surface area contributed by atoms with E-state index in [1.807, 2.05) is 31.2 Å². The van der Waals surface area contributed by atoms with Crippen LogP contribution in [0.1, 0.15) is 6.92 Å². The smallest absolute Gasteiger partial charge is 0.120 e. The quantitative estimate of drug-likeness (QED) is 0.787. The Labute approximate surface area is 110 Å². The zero-order valence-corrected chi connectivity index (χ0v) is 11.3. The van der Waals surface area contributed by atoms with Gasteiger partial charge in [0.15, 0.2) is 0 Å². The van der Waals surface area contributed by atoms with Gasteiger partial charge in [-0.15, -0.1) is 6.42 Å². The summed E-state index contributed by atoms with van der Waals surface area (Å²) in [5.41, 5.74) is 0. The predicted octanol–water partition coefficient (Wildman–Crippen LogP) is 1.80. The Bertz CT molecular complexity index is 389. The fourth-order valence-corrected chi connectivity index (χ4v) is 1.56. The van der Waals surface area contributed by atoms with Crippen molar-refractivity contribution in [1.29, 1.82) is 0 Å². The Morgan fingerprint density at radius 1 is 1.59 bits per heavy atom. The number of aliphatic hydroxyl groups is 1. The van der Waals surface area contributed by atoms with Crippen LogP contribution in [0.5, 0.6) is 5.75 Å². The maximum atomic E-state index is 9.66. The van der Waals surface area contributed by atoms with E-state index in [2.05, 4.69) is 27.2 Å². The number of terminal acetylenes is 1. The molecular formula is C13H16BrNO2. The van der Waals surface area contributed by atoms with Gasteiger partial charge < -0.3 is 15.2 Å². The Morgan fingerprint density at radius 2 is 2.35 bits per heavy atom. The number of halogens is 1. The predicted molar refractivity (Wildman–Crippen MR) is 71.9 cm³/mol. The van der Waals surface area contributed by atoms with Gasteiger partial charge in [-0.3, -0.25) is 0 Å². The molecule has 0 bridgehead atoms. The van der Waals surface area contributed by atoms with Crippen LogP contribution in [0.15, 0.2) is 28.7 Å². The Hall–Kier alpha value is -1.02. The van der Waals surface area contributed by atoms with Gasteiger partial charge >= 0.3 is 0 Å². The van der Waals surface area contributed by atoms with Crippen molar-refractivity contribution in [3.63, 3.8) is 0 Å². The van der Waals surface area contributed by atoms with Crippen LogP contribution in [-0.2, 0) is 0 Å². The molecule has 2 unspecified atom stereocenters. The minimum atomic E-state index is -0.579. The van der Waals surface area contributed by atoms with Crippen molar-refractivity contribution < 1.29 is 9.84 Å². The van der Waals surface area contributed by atoms with Crippen LogP contribution in [0, 0.1) is 12.3 Å². The summed E-state index contributed by atoms with van der Waals surface area (Å²) in [6.45, 7) is 2.52. The molecule has 0 aliphatic carbocycles. The van der Waals surface area contributed by atoms with Crippen molar-refractivity contribution >= 4 is 15.9 Å². The van der Waals surface area contributed by atoms with Crippen LogP contribution in [0.4, 0.5) is 0 Å². The van der Waals surface area contributed by atoms with E-state index in [0.717, 1.165) is 10.2 Å². The highest BCUT2D eigenvalue weighted by Gasteiger charge is 2.06. The fraction of sp³-hybridized carbons (Fsp3) is 0.385. The number of hydrogen-bond acceptors (Lipinski definition) is 3. The molecule has 17 heavy (non-hydrogen) atoms. The van der Waals surface area contributed by atoms with Crippen molar-refractivity contribution in [3.8, 4) is 18.1 Å². The Morgan fingerprint density at radius 3 is 3.00 bits per heavy atom.